The third-order valence-corrected chi connectivity index (χ3v) is 19.9. The van der Waals surface area contributed by atoms with Gasteiger partial charge in [0.1, 0.15) is 0 Å². The fourth-order valence-electron chi connectivity index (χ4n) is 3.15. The van der Waals surface area contributed by atoms with E-state index in [0.717, 1.165) is 0 Å². The molecule has 0 amide bonds. The Bertz CT molecular complexity index is 1470. The van der Waals surface area contributed by atoms with Crippen LogP contribution in [-0.4, -0.2) is 62.6 Å². The molecule has 0 nitrogen and oxygen atoms in total. The van der Waals surface area contributed by atoms with Gasteiger partial charge in [-0.25, -0.2) is 0 Å². The zero-order chi connectivity index (χ0) is 33.2. The Hall–Kier alpha value is 1.87. The monoisotopic (exact) mass is 878 g/mol. The molecule has 0 aliphatic rings. The molecule has 0 aliphatic heterocycles. The zero-order valence-corrected chi connectivity index (χ0v) is 39.0. The van der Waals surface area contributed by atoms with Gasteiger partial charge in [-0.05, 0) is 86.8 Å². The molecule has 0 atom stereocenters. The van der Waals surface area contributed by atoms with Gasteiger partial charge in [0.25, 0.3) is 0 Å². The number of hydrogen-bond acceptors (Lipinski definition) is 15. The van der Waals surface area contributed by atoms with E-state index in [1.807, 2.05) is 163 Å². The second kappa shape index (κ2) is 24.9. The van der Waals surface area contributed by atoms with Crippen molar-refractivity contribution in [3.05, 3.63) is 45.8 Å². The summed E-state index contributed by atoms with van der Waals surface area (Å²) in [5, 5.41) is 8.89. The quantitative estimate of drug-likeness (QED) is 0.136. The third-order valence-electron chi connectivity index (χ3n) is 5.22. The van der Waals surface area contributed by atoms with Crippen LogP contribution in [-0.2, 0) is 0 Å². The summed E-state index contributed by atoms with van der Waals surface area (Å²) in [5.74, 6) is 0. The van der Waals surface area contributed by atoms with Crippen LogP contribution < -0.4 is 0 Å². The molecular weight excluding hydrogens is 841 g/mol. The van der Waals surface area contributed by atoms with E-state index in [1.54, 1.807) is 23.1 Å². The van der Waals surface area contributed by atoms with Crippen LogP contribution in [0.5, 0.6) is 0 Å². The molecule has 6 rings (SSSR count). The predicted molar refractivity (Wildman–Crippen MR) is 242 cm³/mol. The van der Waals surface area contributed by atoms with E-state index in [1.165, 1.54) is 55.2 Å². The number of fused-ring (bicyclic) bond motifs is 2. The molecule has 0 N–H and O–H groups in total. The Kier molecular flexibility index (Phi) is 23.8. The van der Waals surface area contributed by atoms with Gasteiger partial charge < -0.3 is 0 Å². The topological polar surface area (TPSA) is 0 Å². The van der Waals surface area contributed by atoms with Gasteiger partial charge in [0.05, 0.1) is 26.2 Å². The molecular formula is C30H38S15. The normalized spacial score (nSPS) is 10.4. The molecule has 15 heteroatoms. The minimum Gasteiger partial charge on any atom is -0.169 e. The van der Waals surface area contributed by atoms with Gasteiger partial charge in [-0.1, -0.05) is 0 Å². The highest BCUT2D eigenvalue weighted by atomic mass is 32.2. The summed E-state index contributed by atoms with van der Waals surface area (Å²) < 4.78 is 11.5. The van der Waals surface area contributed by atoms with Gasteiger partial charge in [-0.3, -0.25) is 0 Å². The van der Waals surface area contributed by atoms with Crippen molar-refractivity contribution < 1.29 is 0 Å². The van der Waals surface area contributed by atoms with Crippen molar-refractivity contribution in [2.24, 2.45) is 0 Å². The maximum Gasteiger partial charge on any atom is 0.0616 e. The lowest BCUT2D eigenvalue weighted by molar-refractivity contribution is 1.34. The minimum atomic E-state index is 1.40. The average Bonchev–Trinajstić information content (AvgIpc) is 3.91. The van der Waals surface area contributed by atoms with E-state index in [4.69, 9.17) is 0 Å². The van der Waals surface area contributed by atoms with Gasteiger partial charge in [-0.15, -0.1) is 151 Å². The zero-order valence-electron chi connectivity index (χ0n) is 26.7. The summed E-state index contributed by atoms with van der Waals surface area (Å²) in [6.45, 7) is 0. The number of thioether (sulfide) groups is 9. The van der Waals surface area contributed by atoms with Crippen LogP contribution in [0, 0.1) is 0 Å². The first kappa shape index (κ1) is 43.0. The molecule has 0 unspecified atom stereocenters. The molecule has 0 saturated carbocycles. The van der Waals surface area contributed by atoms with E-state index < -0.39 is 0 Å². The van der Waals surface area contributed by atoms with Crippen molar-refractivity contribution in [2.75, 3.05) is 62.6 Å². The molecule has 6 aromatic heterocycles. The first-order valence-corrected chi connectivity index (χ1v) is 29.3. The van der Waals surface area contributed by atoms with Crippen molar-refractivity contribution in [2.45, 2.75) is 36.4 Å². The van der Waals surface area contributed by atoms with Crippen LogP contribution in [0.3, 0.4) is 0 Å². The third kappa shape index (κ3) is 14.2. The van der Waals surface area contributed by atoms with Crippen LogP contribution in [0.15, 0.2) is 82.2 Å². The largest absolute Gasteiger partial charge is 0.169 e. The molecule has 0 aliphatic carbocycles. The van der Waals surface area contributed by atoms with Crippen LogP contribution >= 0.6 is 174 Å². The summed E-state index contributed by atoms with van der Waals surface area (Å²) in [6.07, 6.45) is 21.1. The summed E-state index contributed by atoms with van der Waals surface area (Å²) in [7, 11) is 0. The Morgan fingerprint density at radius 2 is 0.756 bits per heavy atom. The Morgan fingerprint density at radius 1 is 0.400 bits per heavy atom. The van der Waals surface area contributed by atoms with Crippen molar-refractivity contribution in [3.8, 4) is 0 Å². The van der Waals surface area contributed by atoms with Crippen molar-refractivity contribution in [1.29, 1.82) is 0 Å². The predicted octanol–water partition coefficient (Wildman–Crippen LogP) is 16.2. The lowest BCUT2D eigenvalue weighted by Gasteiger charge is -1.92. The van der Waals surface area contributed by atoms with Crippen LogP contribution in [0.2, 0.25) is 0 Å². The first-order chi connectivity index (χ1) is 21.9. The van der Waals surface area contributed by atoms with Gasteiger partial charge in [0, 0.05) is 50.5 Å². The van der Waals surface area contributed by atoms with Gasteiger partial charge in [0.15, 0.2) is 0 Å². The van der Waals surface area contributed by atoms with Crippen LogP contribution in [0.25, 0.3) is 18.8 Å². The highest BCUT2D eigenvalue weighted by molar-refractivity contribution is 8.03. The van der Waals surface area contributed by atoms with Crippen LogP contribution in [0.4, 0.5) is 0 Å². The molecule has 0 saturated heterocycles. The molecule has 0 aromatic carbocycles. The second-order valence-electron chi connectivity index (χ2n) is 7.93. The van der Waals surface area contributed by atoms with E-state index in [-0.39, 0.29) is 0 Å². The summed E-state index contributed by atoms with van der Waals surface area (Å²) in [5.41, 5.74) is 0. The number of rotatable bonds is 8. The molecule has 6 aromatic rings. The van der Waals surface area contributed by atoms with Crippen molar-refractivity contribution in [3.63, 3.8) is 0 Å². The molecule has 0 fully saturated rings. The van der Waals surface area contributed by atoms with Gasteiger partial charge >= 0.3 is 0 Å². The molecule has 0 radical (unpaired) electrons. The van der Waals surface area contributed by atoms with Crippen molar-refractivity contribution >= 4 is 193 Å². The van der Waals surface area contributed by atoms with E-state index >= 15 is 0 Å². The Morgan fingerprint density at radius 3 is 1.04 bits per heavy atom. The van der Waals surface area contributed by atoms with Gasteiger partial charge in [0.2, 0.25) is 0 Å². The second-order valence-corrected chi connectivity index (χ2v) is 22.3. The lowest BCUT2D eigenvalue weighted by Crippen LogP contribution is -1.63. The van der Waals surface area contributed by atoms with Gasteiger partial charge in [-0.2, -0.15) is 23.1 Å². The SMILES string of the molecule is CSC.CSc1cc2sc(SC)cc2s1.CSc1ccc(SC)s1.CSc1csc2c(SC)csc12.CSc1cscc1SC. The number of thiophene rings is 6. The molecule has 45 heavy (non-hydrogen) atoms. The van der Waals surface area contributed by atoms with E-state index in [0.29, 0.717) is 0 Å². The molecule has 6 heterocycles. The maximum absolute atomic E-state index is 2.29. The smallest absolute Gasteiger partial charge is 0.0616 e. The van der Waals surface area contributed by atoms with Crippen LogP contribution in [0.1, 0.15) is 0 Å². The standard InChI is InChI=1S/2C8H8S4.2C6H8S3.C2H6S/c1-9-5-3-11-8-6(10-2)4-12-7(5)8;1-9-7-3-5-6(11-7)4-8(10-2)12-5;1-7-5-3-9-4-6(5)8-2;1-7-5-3-4-6(8-2)9-5;1-3-2/h2*3-4H,1-2H3;2*3-4H,1-2H3;1-2H3. The highest BCUT2D eigenvalue weighted by Gasteiger charge is 2.09. The molecule has 0 spiro atoms. The molecule has 248 valence electrons. The van der Waals surface area contributed by atoms with Crippen molar-refractivity contribution in [1.82, 2.24) is 0 Å². The Balaban J connectivity index is 0.000000205. The maximum atomic E-state index is 2.29. The van der Waals surface area contributed by atoms with E-state index in [9.17, 15) is 0 Å². The average molecular weight is 880 g/mol. The summed E-state index contributed by atoms with van der Waals surface area (Å²) in [4.78, 5) is 5.68. The fraction of sp³-hybridized carbons (Fsp3) is 0.333. The Labute approximate surface area is 333 Å². The highest BCUT2D eigenvalue weighted by Crippen LogP contribution is 2.42. The lowest BCUT2D eigenvalue weighted by atomic mass is 10.5. The number of hydrogen-bond donors (Lipinski definition) is 0. The minimum absolute atomic E-state index is 1.40. The summed E-state index contributed by atoms with van der Waals surface area (Å²) in [6, 6.07) is 8.91. The first-order valence-electron chi connectivity index (χ1n) is 12.8. The molecule has 0 bridgehead atoms. The summed E-state index contributed by atoms with van der Waals surface area (Å²) >= 11 is 27.5. The van der Waals surface area contributed by atoms with E-state index in [2.05, 4.69) is 95.8 Å². The fourth-order valence-corrected chi connectivity index (χ4v) is 16.4.